The number of carboxylic acids is 1. The van der Waals surface area contributed by atoms with Gasteiger partial charge in [-0.3, -0.25) is 4.90 Å². The first-order valence-electron chi connectivity index (χ1n) is 12.3. The number of halogens is 2. The number of anilines is 1. The van der Waals surface area contributed by atoms with E-state index in [9.17, 15) is 9.90 Å². The third-order valence-corrected chi connectivity index (χ3v) is 8.47. The van der Waals surface area contributed by atoms with Crippen LogP contribution in [0.2, 0.25) is 10.0 Å². The zero-order valence-electron chi connectivity index (χ0n) is 21.5. The number of methoxy groups -OCH3 is 1. The number of fused-ring (bicyclic) bond motifs is 1. The maximum Gasteiger partial charge on any atom is 0.335 e. The van der Waals surface area contributed by atoms with Crippen LogP contribution < -0.4 is 9.64 Å². The van der Waals surface area contributed by atoms with Gasteiger partial charge in [-0.05, 0) is 31.2 Å². The van der Waals surface area contributed by atoms with Crippen LogP contribution in [0.15, 0.2) is 34.9 Å². The molecule has 200 valence electrons. The van der Waals surface area contributed by atoms with Crippen LogP contribution in [0.25, 0.3) is 21.5 Å². The Morgan fingerprint density at radius 1 is 1.26 bits per heavy atom. The molecule has 0 aliphatic carbocycles. The van der Waals surface area contributed by atoms with E-state index in [4.69, 9.17) is 37.4 Å². The molecule has 1 fully saturated rings. The second-order valence-electron chi connectivity index (χ2n) is 9.73. The lowest BCUT2D eigenvalue weighted by atomic mass is 10.00. The van der Waals surface area contributed by atoms with Gasteiger partial charge in [-0.15, -0.1) is 0 Å². The van der Waals surface area contributed by atoms with Crippen molar-refractivity contribution >= 4 is 55.9 Å². The number of carbonyl (C=O) groups is 1. The molecule has 4 aromatic rings. The Morgan fingerprint density at radius 2 is 2.00 bits per heavy atom. The van der Waals surface area contributed by atoms with Gasteiger partial charge in [0.25, 0.3) is 0 Å². The van der Waals surface area contributed by atoms with E-state index in [0.29, 0.717) is 39.1 Å². The third kappa shape index (κ3) is 4.96. The number of ether oxygens (including phenoxy) is 1. The summed E-state index contributed by atoms with van der Waals surface area (Å²) in [4.78, 5) is 21.0. The van der Waals surface area contributed by atoms with Gasteiger partial charge < -0.3 is 19.3 Å². The van der Waals surface area contributed by atoms with Crippen molar-refractivity contribution in [3.05, 3.63) is 57.3 Å². The molecule has 1 saturated heterocycles. The van der Waals surface area contributed by atoms with Crippen LogP contribution in [0.3, 0.4) is 0 Å². The molecule has 3 heterocycles. The molecule has 0 saturated carbocycles. The van der Waals surface area contributed by atoms with E-state index >= 15 is 0 Å². The molecule has 0 unspecified atom stereocenters. The van der Waals surface area contributed by atoms with Crippen LogP contribution >= 0.6 is 34.5 Å². The Kier molecular flexibility index (Phi) is 7.55. The van der Waals surface area contributed by atoms with Crippen LogP contribution in [-0.2, 0) is 6.54 Å². The van der Waals surface area contributed by atoms with Gasteiger partial charge in [0, 0.05) is 49.3 Å². The average molecular weight is 576 g/mol. The van der Waals surface area contributed by atoms with E-state index in [-0.39, 0.29) is 17.5 Å². The quantitative estimate of drug-likeness (QED) is 0.257. The van der Waals surface area contributed by atoms with Crippen molar-refractivity contribution in [2.45, 2.75) is 39.3 Å². The molecule has 5 rings (SSSR count). The highest BCUT2D eigenvalue weighted by molar-refractivity contribution is 7.22. The van der Waals surface area contributed by atoms with Gasteiger partial charge in [-0.25, -0.2) is 9.78 Å². The Balaban J connectivity index is 1.40. The fourth-order valence-electron chi connectivity index (χ4n) is 4.92. The molecule has 0 radical (unpaired) electrons. The topological polar surface area (TPSA) is 91.9 Å². The normalized spacial score (nSPS) is 16.5. The SMILES string of the molecule is COc1cc(C(=O)O)cc2sc(N3CCN(Cc4c(-c5c(Cl)cccc5Cl)noc4C(C)C)C[C@@H]3C)nc12. The number of aromatic nitrogens is 2. The van der Waals surface area contributed by atoms with Gasteiger partial charge in [0.05, 0.1) is 27.4 Å². The maximum absolute atomic E-state index is 11.5. The molecule has 8 nitrogen and oxygen atoms in total. The Labute approximate surface area is 234 Å². The summed E-state index contributed by atoms with van der Waals surface area (Å²) in [6.45, 7) is 9.35. The first-order chi connectivity index (χ1) is 18.2. The smallest absolute Gasteiger partial charge is 0.335 e. The largest absolute Gasteiger partial charge is 0.494 e. The lowest BCUT2D eigenvalue weighted by molar-refractivity contribution is 0.0696. The fourth-order valence-corrected chi connectivity index (χ4v) is 6.65. The van der Waals surface area contributed by atoms with E-state index in [0.717, 1.165) is 40.8 Å². The van der Waals surface area contributed by atoms with Crippen molar-refractivity contribution in [2.75, 3.05) is 31.6 Å². The van der Waals surface area contributed by atoms with Crippen molar-refractivity contribution in [3.8, 4) is 17.0 Å². The number of hydrogen-bond donors (Lipinski definition) is 1. The molecule has 0 spiro atoms. The molecular weight excluding hydrogens is 547 g/mol. The molecule has 1 aliphatic heterocycles. The van der Waals surface area contributed by atoms with Crippen LogP contribution in [-0.4, -0.2) is 58.9 Å². The van der Waals surface area contributed by atoms with Crippen molar-refractivity contribution in [1.29, 1.82) is 0 Å². The van der Waals surface area contributed by atoms with Crippen LogP contribution in [0.4, 0.5) is 5.13 Å². The Morgan fingerprint density at radius 3 is 2.63 bits per heavy atom. The minimum atomic E-state index is -0.992. The molecular formula is C27H28Cl2N4O4S. The number of rotatable bonds is 7. The molecule has 1 aliphatic rings. The number of benzene rings is 2. The highest BCUT2D eigenvalue weighted by Gasteiger charge is 2.30. The van der Waals surface area contributed by atoms with Gasteiger partial charge in [0.15, 0.2) is 5.13 Å². The van der Waals surface area contributed by atoms with Crippen molar-refractivity contribution in [1.82, 2.24) is 15.0 Å². The number of hydrogen-bond acceptors (Lipinski definition) is 8. The zero-order chi connectivity index (χ0) is 27.1. The molecule has 0 amide bonds. The predicted octanol–water partition coefficient (Wildman–Crippen LogP) is 6.80. The second kappa shape index (κ2) is 10.7. The van der Waals surface area contributed by atoms with Crippen molar-refractivity contribution in [3.63, 3.8) is 0 Å². The molecule has 2 aromatic carbocycles. The van der Waals surface area contributed by atoms with Gasteiger partial charge in [-0.1, -0.05) is 59.6 Å². The molecule has 38 heavy (non-hydrogen) atoms. The van der Waals surface area contributed by atoms with E-state index in [1.807, 2.05) is 18.2 Å². The lowest BCUT2D eigenvalue weighted by Gasteiger charge is -2.39. The van der Waals surface area contributed by atoms with E-state index in [1.165, 1.54) is 24.5 Å². The summed E-state index contributed by atoms with van der Waals surface area (Å²) in [6, 6.07) is 8.78. The zero-order valence-corrected chi connectivity index (χ0v) is 23.8. The minimum absolute atomic E-state index is 0.152. The monoisotopic (exact) mass is 574 g/mol. The lowest BCUT2D eigenvalue weighted by Crippen LogP contribution is -2.51. The predicted molar refractivity (Wildman–Crippen MR) is 151 cm³/mol. The first kappa shape index (κ1) is 26.7. The van der Waals surface area contributed by atoms with Gasteiger partial charge in [0.1, 0.15) is 22.7 Å². The highest BCUT2D eigenvalue weighted by atomic mass is 35.5. The molecule has 0 bridgehead atoms. The van der Waals surface area contributed by atoms with E-state index in [1.54, 1.807) is 6.07 Å². The van der Waals surface area contributed by atoms with Crippen molar-refractivity contribution < 1.29 is 19.2 Å². The summed E-state index contributed by atoms with van der Waals surface area (Å²) in [7, 11) is 1.53. The number of thiazole rings is 1. The number of aromatic carboxylic acids is 1. The van der Waals surface area contributed by atoms with Crippen LogP contribution in [0, 0.1) is 0 Å². The van der Waals surface area contributed by atoms with Gasteiger partial charge in [-0.2, -0.15) is 0 Å². The second-order valence-corrected chi connectivity index (χ2v) is 11.6. The Hall–Kier alpha value is -2.85. The molecule has 1 atom stereocenters. The summed E-state index contributed by atoms with van der Waals surface area (Å²) in [5, 5.41) is 15.8. The Bertz CT molecular complexity index is 1480. The number of piperazine rings is 1. The number of carboxylic acid groups (broad SMARTS) is 1. The fraction of sp³-hybridized carbons (Fsp3) is 0.370. The summed E-state index contributed by atoms with van der Waals surface area (Å²) in [5.41, 5.74) is 3.25. The van der Waals surface area contributed by atoms with Gasteiger partial charge in [0.2, 0.25) is 0 Å². The number of nitrogens with zero attached hydrogens (tertiary/aromatic N) is 4. The molecule has 11 heteroatoms. The van der Waals surface area contributed by atoms with E-state index < -0.39 is 5.97 Å². The third-order valence-electron chi connectivity index (χ3n) is 6.80. The first-order valence-corrected chi connectivity index (χ1v) is 13.9. The van der Waals surface area contributed by atoms with Crippen LogP contribution in [0.1, 0.15) is 48.4 Å². The highest BCUT2D eigenvalue weighted by Crippen LogP contribution is 2.40. The molecule has 2 aromatic heterocycles. The summed E-state index contributed by atoms with van der Waals surface area (Å²) < 4.78 is 12.0. The van der Waals surface area contributed by atoms with E-state index in [2.05, 4.69) is 35.7 Å². The summed E-state index contributed by atoms with van der Waals surface area (Å²) >= 11 is 14.5. The summed E-state index contributed by atoms with van der Waals surface area (Å²) in [6.07, 6.45) is 0. The average Bonchev–Trinajstić information content (AvgIpc) is 3.48. The maximum atomic E-state index is 11.5. The molecule has 1 N–H and O–H groups in total. The standard InChI is InChI=1S/C27H28Cl2N4O4S/c1-14(2)25-17(23(31-37-25)22-18(28)6-5-7-19(22)29)13-32-8-9-33(15(3)12-32)27-30-24-20(36-4)10-16(26(34)35)11-21(24)38-27/h5-7,10-11,14-15H,8-9,12-13H2,1-4H3,(H,34,35)/t15-/m0/s1. The van der Waals surface area contributed by atoms with Crippen molar-refractivity contribution in [2.24, 2.45) is 0 Å². The van der Waals surface area contributed by atoms with Gasteiger partial charge >= 0.3 is 5.97 Å². The minimum Gasteiger partial charge on any atom is -0.494 e. The van der Waals surface area contributed by atoms with Crippen LogP contribution in [0.5, 0.6) is 5.75 Å². The summed E-state index contributed by atoms with van der Waals surface area (Å²) in [5.74, 6) is 0.459.